The predicted molar refractivity (Wildman–Crippen MR) is 129 cm³/mol. The van der Waals surface area contributed by atoms with Gasteiger partial charge in [-0.3, -0.25) is 9.29 Å². The summed E-state index contributed by atoms with van der Waals surface area (Å²) < 4.78 is 27.7. The quantitative estimate of drug-likeness (QED) is 0.249. The molecular formula is C21H22N8O3S. The van der Waals surface area contributed by atoms with Gasteiger partial charge >= 0.3 is 0 Å². The molecule has 0 aliphatic carbocycles. The molecule has 0 unspecified atom stereocenters. The number of aliphatic hydroxyl groups excluding tert-OH is 1. The second-order valence-electron chi connectivity index (χ2n) is 6.94. The Hall–Kier alpha value is -4.16. The molecule has 170 valence electrons. The van der Waals surface area contributed by atoms with E-state index in [2.05, 4.69) is 36.9 Å². The summed E-state index contributed by atoms with van der Waals surface area (Å²) in [6, 6.07) is 14.2. The second-order valence-corrected chi connectivity index (χ2v) is 8.56. The number of nitrogens with zero attached hydrogens (tertiary/aromatic N) is 4. The first-order valence-corrected chi connectivity index (χ1v) is 11.4. The van der Waals surface area contributed by atoms with E-state index < -0.39 is 10.0 Å². The van der Waals surface area contributed by atoms with Crippen LogP contribution < -0.4 is 21.1 Å². The van der Waals surface area contributed by atoms with Gasteiger partial charge in [0.2, 0.25) is 5.95 Å². The van der Waals surface area contributed by atoms with E-state index in [1.807, 2.05) is 24.3 Å². The van der Waals surface area contributed by atoms with Crippen molar-refractivity contribution in [3.05, 3.63) is 66.8 Å². The monoisotopic (exact) mass is 466 g/mol. The van der Waals surface area contributed by atoms with Crippen LogP contribution in [0.1, 0.15) is 0 Å². The third-order valence-electron chi connectivity index (χ3n) is 4.61. The smallest absolute Gasteiger partial charge is 0.254 e. The van der Waals surface area contributed by atoms with Crippen LogP contribution in [0.4, 0.5) is 28.8 Å². The molecule has 12 heteroatoms. The molecule has 2 heterocycles. The van der Waals surface area contributed by atoms with E-state index in [-0.39, 0.29) is 18.4 Å². The number of sulfonamides is 1. The number of imidazole rings is 1. The van der Waals surface area contributed by atoms with E-state index in [1.54, 1.807) is 35.2 Å². The zero-order valence-corrected chi connectivity index (χ0v) is 18.2. The maximum Gasteiger partial charge on any atom is 0.254 e. The lowest BCUT2D eigenvalue weighted by atomic mass is 10.3. The van der Waals surface area contributed by atoms with Crippen molar-refractivity contribution in [2.24, 2.45) is 0 Å². The highest BCUT2D eigenvalue weighted by Gasteiger charge is 2.14. The van der Waals surface area contributed by atoms with Gasteiger partial charge in [0.25, 0.3) is 10.0 Å². The number of aliphatic hydroxyl groups is 1. The number of rotatable bonds is 9. The van der Waals surface area contributed by atoms with Crippen molar-refractivity contribution in [2.45, 2.75) is 0 Å². The summed E-state index contributed by atoms with van der Waals surface area (Å²) >= 11 is 0. The lowest BCUT2D eigenvalue weighted by Gasteiger charge is -2.10. The summed E-state index contributed by atoms with van der Waals surface area (Å²) in [5.41, 5.74) is 9.59. The van der Waals surface area contributed by atoms with Gasteiger partial charge < -0.3 is 21.5 Å². The summed E-state index contributed by atoms with van der Waals surface area (Å²) in [6.07, 6.45) is 1.54. The van der Waals surface area contributed by atoms with Crippen molar-refractivity contribution < 1.29 is 13.5 Å². The summed E-state index contributed by atoms with van der Waals surface area (Å²) in [7, 11) is -3.64. The molecule has 0 fully saturated rings. The maximum atomic E-state index is 11.8. The summed E-state index contributed by atoms with van der Waals surface area (Å²) in [4.78, 5) is 13.1. The van der Waals surface area contributed by atoms with E-state index in [9.17, 15) is 8.42 Å². The van der Waals surface area contributed by atoms with E-state index in [0.29, 0.717) is 29.1 Å². The van der Waals surface area contributed by atoms with Crippen molar-refractivity contribution >= 4 is 50.0 Å². The standard InChI is InChI=1S/C21H22N8O3S/c1-2-33(31,32)28-16-4-3-5-17(12-16)29-13-24-18-19(22)26-21(27-20(18)29)25-15-8-6-14(7-9-15)23-10-11-30/h2-9,12-13,23,28,30H,1,10-11H2,(H3,22,25,26,27). The molecule has 0 saturated heterocycles. The molecule has 0 radical (unpaired) electrons. The molecule has 2 aromatic heterocycles. The van der Waals surface area contributed by atoms with Gasteiger partial charge in [0, 0.05) is 23.3 Å². The van der Waals surface area contributed by atoms with Gasteiger partial charge in [-0.05, 0) is 42.5 Å². The van der Waals surface area contributed by atoms with Crippen molar-refractivity contribution in [2.75, 3.05) is 34.2 Å². The number of hydrogen-bond acceptors (Lipinski definition) is 9. The van der Waals surface area contributed by atoms with E-state index in [1.165, 1.54) is 0 Å². The van der Waals surface area contributed by atoms with Gasteiger partial charge in [-0.15, -0.1) is 0 Å². The maximum absolute atomic E-state index is 11.8. The van der Waals surface area contributed by atoms with Crippen molar-refractivity contribution in [3.8, 4) is 5.69 Å². The van der Waals surface area contributed by atoms with Gasteiger partial charge in [-0.2, -0.15) is 9.97 Å². The zero-order chi connectivity index (χ0) is 23.4. The molecule has 6 N–H and O–H groups in total. The van der Waals surface area contributed by atoms with E-state index in [4.69, 9.17) is 10.8 Å². The number of benzene rings is 2. The highest BCUT2D eigenvalue weighted by Crippen LogP contribution is 2.25. The molecule has 2 aromatic carbocycles. The summed E-state index contributed by atoms with van der Waals surface area (Å²) in [5, 5.41) is 15.9. The Morgan fingerprint density at radius 1 is 1.09 bits per heavy atom. The zero-order valence-electron chi connectivity index (χ0n) is 17.4. The molecule has 0 saturated carbocycles. The first-order chi connectivity index (χ1) is 15.9. The second kappa shape index (κ2) is 9.14. The first-order valence-electron chi connectivity index (χ1n) is 9.86. The Kier molecular flexibility index (Phi) is 6.11. The van der Waals surface area contributed by atoms with Crippen LogP contribution in [0.3, 0.4) is 0 Å². The van der Waals surface area contributed by atoms with Gasteiger partial charge in [0.15, 0.2) is 17.0 Å². The molecule has 0 atom stereocenters. The van der Waals surface area contributed by atoms with E-state index >= 15 is 0 Å². The van der Waals surface area contributed by atoms with Crippen LogP contribution in [0, 0.1) is 0 Å². The Morgan fingerprint density at radius 2 is 1.85 bits per heavy atom. The average molecular weight is 467 g/mol. The topological polar surface area (TPSA) is 160 Å². The largest absolute Gasteiger partial charge is 0.395 e. The molecule has 0 amide bonds. The lowest BCUT2D eigenvalue weighted by molar-refractivity contribution is 0.311. The minimum Gasteiger partial charge on any atom is -0.395 e. The molecule has 0 aliphatic heterocycles. The Labute approximate surface area is 190 Å². The third kappa shape index (κ3) is 5.02. The Balaban J connectivity index is 1.65. The number of aromatic nitrogens is 4. The Bertz CT molecular complexity index is 1400. The van der Waals surface area contributed by atoms with Gasteiger partial charge in [0.1, 0.15) is 6.33 Å². The van der Waals surface area contributed by atoms with Gasteiger partial charge in [0.05, 0.1) is 18.0 Å². The minimum absolute atomic E-state index is 0.0455. The average Bonchev–Trinajstić information content (AvgIpc) is 3.23. The van der Waals surface area contributed by atoms with Crippen LogP contribution in [0.5, 0.6) is 0 Å². The number of nitrogens with two attached hydrogens (primary N) is 1. The Morgan fingerprint density at radius 3 is 2.58 bits per heavy atom. The van der Waals surface area contributed by atoms with Crippen LogP contribution in [0.2, 0.25) is 0 Å². The normalized spacial score (nSPS) is 11.3. The van der Waals surface area contributed by atoms with E-state index in [0.717, 1.165) is 16.8 Å². The van der Waals surface area contributed by atoms with Crippen LogP contribution in [-0.4, -0.2) is 46.2 Å². The fraction of sp³-hybridized carbons (Fsp3) is 0.0952. The first kappa shape index (κ1) is 22.0. The highest BCUT2D eigenvalue weighted by atomic mass is 32.2. The number of hydrogen-bond donors (Lipinski definition) is 5. The van der Waals surface area contributed by atoms with Crippen molar-refractivity contribution in [3.63, 3.8) is 0 Å². The minimum atomic E-state index is -3.64. The van der Waals surface area contributed by atoms with Crippen LogP contribution >= 0.6 is 0 Å². The SMILES string of the molecule is C=CS(=O)(=O)Nc1cccc(-n2cnc3c(N)nc(Nc4ccc(NCCO)cc4)nc32)c1. The summed E-state index contributed by atoms with van der Waals surface area (Å²) in [5.74, 6) is 0.479. The molecule has 11 nitrogen and oxygen atoms in total. The molecular weight excluding hydrogens is 444 g/mol. The number of nitrogen functional groups attached to an aromatic ring is 1. The predicted octanol–water partition coefficient (Wildman–Crippen LogP) is 2.43. The molecule has 0 spiro atoms. The van der Waals surface area contributed by atoms with Crippen LogP contribution in [0.15, 0.2) is 66.8 Å². The van der Waals surface area contributed by atoms with Crippen LogP contribution in [0.25, 0.3) is 16.9 Å². The molecule has 33 heavy (non-hydrogen) atoms. The summed E-state index contributed by atoms with van der Waals surface area (Å²) in [6.45, 7) is 3.80. The number of nitrogens with one attached hydrogen (secondary N) is 3. The molecule has 4 aromatic rings. The molecule has 0 aliphatic rings. The van der Waals surface area contributed by atoms with Gasteiger partial charge in [-0.25, -0.2) is 13.4 Å². The van der Waals surface area contributed by atoms with Crippen molar-refractivity contribution in [1.29, 1.82) is 0 Å². The highest BCUT2D eigenvalue weighted by molar-refractivity contribution is 7.95. The lowest BCUT2D eigenvalue weighted by Crippen LogP contribution is -2.08. The number of anilines is 5. The number of fused-ring (bicyclic) bond motifs is 1. The fourth-order valence-electron chi connectivity index (χ4n) is 3.09. The molecule has 4 rings (SSSR count). The fourth-order valence-corrected chi connectivity index (χ4v) is 3.63. The van der Waals surface area contributed by atoms with Crippen LogP contribution in [-0.2, 0) is 10.0 Å². The van der Waals surface area contributed by atoms with Crippen molar-refractivity contribution in [1.82, 2.24) is 19.5 Å². The third-order valence-corrected chi connectivity index (χ3v) is 5.57. The van der Waals surface area contributed by atoms with Gasteiger partial charge in [-0.1, -0.05) is 12.6 Å². The molecule has 0 bridgehead atoms.